The van der Waals surface area contributed by atoms with Crippen molar-refractivity contribution in [2.24, 2.45) is 0 Å². The van der Waals surface area contributed by atoms with E-state index in [0.29, 0.717) is 6.54 Å². The van der Waals surface area contributed by atoms with E-state index in [-0.39, 0.29) is 18.7 Å². The van der Waals surface area contributed by atoms with E-state index in [4.69, 9.17) is 9.84 Å². The summed E-state index contributed by atoms with van der Waals surface area (Å²) >= 11 is 0. The third-order valence-electron chi connectivity index (χ3n) is 2.47. The van der Waals surface area contributed by atoms with Gasteiger partial charge in [-0.05, 0) is 40.0 Å². The van der Waals surface area contributed by atoms with Crippen LogP contribution in [0.15, 0.2) is 0 Å². The summed E-state index contributed by atoms with van der Waals surface area (Å²) in [4.78, 5) is 13.4. The first-order valence-electron chi connectivity index (χ1n) is 5.54. The monoisotopic (exact) mass is 215 g/mol. The third-order valence-corrected chi connectivity index (χ3v) is 2.47. The zero-order chi connectivity index (χ0) is 11.5. The van der Waals surface area contributed by atoms with E-state index in [9.17, 15) is 4.79 Å². The van der Waals surface area contributed by atoms with Crippen LogP contribution in [0.25, 0.3) is 0 Å². The molecule has 1 atom stereocenters. The van der Waals surface area contributed by atoms with Crippen LogP contribution in [0.5, 0.6) is 0 Å². The zero-order valence-corrected chi connectivity index (χ0v) is 9.82. The molecule has 1 saturated heterocycles. The van der Waals surface area contributed by atoms with Gasteiger partial charge >= 0.3 is 6.09 Å². The number of piperidine rings is 1. The van der Waals surface area contributed by atoms with Crippen molar-refractivity contribution in [2.45, 2.75) is 51.7 Å². The topological polar surface area (TPSA) is 49.8 Å². The van der Waals surface area contributed by atoms with Gasteiger partial charge in [0.1, 0.15) is 5.60 Å². The molecule has 88 valence electrons. The highest BCUT2D eigenvalue weighted by atomic mass is 16.6. The van der Waals surface area contributed by atoms with Crippen molar-refractivity contribution in [3.63, 3.8) is 0 Å². The van der Waals surface area contributed by atoms with E-state index in [1.807, 2.05) is 20.8 Å². The van der Waals surface area contributed by atoms with Crippen molar-refractivity contribution in [1.82, 2.24) is 4.90 Å². The van der Waals surface area contributed by atoms with Crippen molar-refractivity contribution in [3.8, 4) is 0 Å². The van der Waals surface area contributed by atoms with Gasteiger partial charge in [-0.15, -0.1) is 0 Å². The second-order valence-corrected chi connectivity index (χ2v) is 5.01. The Morgan fingerprint density at radius 1 is 1.47 bits per heavy atom. The number of ether oxygens (including phenoxy) is 1. The molecule has 0 aromatic heterocycles. The van der Waals surface area contributed by atoms with Crippen LogP contribution in [0.4, 0.5) is 4.79 Å². The van der Waals surface area contributed by atoms with Crippen molar-refractivity contribution < 1.29 is 14.6 Å². The molecule has 1 N–H and O–H groups in total. The standard InChI is InChI=1S/C11H21NO3/c1-11(2,3)15-10(14)12-7-5-4-6-9(12)8-13/h9,13H,4-8H2,1-3H3. The molecule has 1 heterocycles. The van der Waals surface area contributed by atoms with Crippen LogP contribution in [-0.2, 0) is 4.74 Å². The van der Waals surface area contributed by atoms with Gasteiger partial charge in [-0.2, -0.15) is 0 Å². The highest BCUT2D eigenvalue weighted by Gasteiger charge is 2.29. The number of hydrogen-bond acceptors (Lipinski definition) is 3. The summed E-state index contributed by atoms with van der Waals surface area (Å²) in [5, 5.41) is 9.16. The molecule has 0 saturated carbocycles. The average Bonchev–Trinajstić information content (AvgIpc) is 2.15. The Kier molecular flexibility index (Phi) is 3.97. The Balaban J connectivity index is 2.56. The molecule has 1 amide bonds. The first kappa shape index (κ1) is 12.3. The lowest BCUT2D eigenvalue weighted by Gasteiger charge is -2.35. The number of aliphatic hydroxyl groups excluding tert-OH is 1. The highest BCUT2D eigenvalue weighted by molar-refractivity contribution is 5.68. The van der Waals surface area contributed by atoms with Crippen molar-refractivity contribution in [3.05, 3.63) is 0 Å². The summed E-state index contributed by atoms with van der Waals surface area (Å²) in [6.45, 7) is 6.27. The summed E-state index contributed by atoms with van der Waals surface area (Å²) < 4.78 is 5.29. The molecular formula is C11H21NO3. The Bertz CT molecular complexity index is 222. The predicted molar refractivity (Wildman–Crippen MR) is 57.7 cm³/mol. The van der Waals surface area contributed by atoms with Gasteiger partial charge in [0.15, 0.2) is 0 Å². The van der Waals surface area contributed by atoms with Crippen LogP contribution in [-0.4, -0.2) is 40.9 Å². The summed E-state index contributed by atoms with van der Waals surface area (Å²) in [5.74, 6) is 0. The lowest BCUT2D eigenvalue weighted by molar-refractivity contribution is 0.00182. The molecule has 1 rings (SSSR count). The minimum Gasteiger partial charge on any atom is -0.444 e. The van der Waals surface area contributed by atoms with E-state index in [1.54, 1.807) is 4.90 Å². The minimum absolute atomic E-state index is 0.0270. The molecule has 15 heavy (non-hydrogen) atoms. The molecule has 1 aliphatic heterocycles. The van der Waals surface area contributed by atoms with Crippen LogP contribution in [0.1, 0.15) is 40.0 Å². The normalized spacial score (nSPS) is 22.7. The Labute approximate surface area is 91.2 Å². The first-order valence-corrected chi connectivity index (χ1v) is 5.54. The number of amides is 1. The molecule has 0 bridgehead atoms. The first-order chi connectivity index (χ1) is 6.94. The summed E-state index contributed by atoms with van der Waals surface area (Å²) in [6, 6.07) is -0.0615. The van der Waals surface area contributed by atoms with Gasteiger partial charge in [-0.1, -0.05) is 0 Å². The molecule has 0 aliphatic carbocycles. The van der Waals surface area contributed by atoms with Crippen LogP contribution in [0, 0.1) is 0 Å². The number of nitrogens with zero attached hydrogens (tertiary/aromatic N) is 1. The fraction of sp³-hybridized carbons (Fsp3) is 0.909. The fourth-order valence-electron chi connectivity index (χ4n) is 1.75. The maximum absolute atomic E-state index is 11.8. The van der Waals surface area contributed by atoms with Gasteiger partial charge in [0, 0.05) is 6.54 Å². The van der Waals surface area contributed by atoms with E-state index < -0.39 is 5.60 Å². The summed E-state index contributed by atoms with van der Waals surface area (Å²) in [7, 11) is 0. The SMILES string of the molecule is CC(C)(C)OC(=O)N1CCCCC1CO. The van der Waals surface area contributed by atoms with E-state index in [0.717, 1.165) is 19.3 Å². The highest BCUT2D eigenvalue weighted by Crippen LogP contribution is 2.19. The third kappa shape index (κ3) is 3.70. The van der Waals surface area contributed by atoms with Crippen molar-refractivity contribution in [2.75, 3.05) is 13.2 Å². The number of likely N-dealkylation sites (tertiary alicyclic amines) is 1. The van der Waals surface area contributed by atoms with Gasteiger partial charge in [0.05, 0.1) is 12.6 Å². The lowest BCUT2D eigenvalue weighted by atomic mass is 10.0. The number of rotatable bonds is 1. The Morgan fingerprint density at radius 2 is 2.13 bits per heavy atom. The predicted octanol–water partition coefficient (Wildman–Crippen LogP) is 1.77. The molecule has 0 spiro atoms. The largest absolute Gasteiger partial charge is 0.444 e. The molecule has 1 unspecified atom stereocenters. The Morgan fingerprint density at radius 3 is 2.67 bits per heavy atom. The second-order valence-electron chi connectivity index (χ2n) is 5.01. The maximum Gasteiger partial charge on any atom is 0.410 e. The van der Waals surface area contributed by atoms with Crippen LogP contribution in [0.2, 0.25) is 0 Å². The van der Waals surface area contributed by atoms with Crippen molar-refractivity contribution >= 4 is 6.09 Å². The smallest absolute Gasteiger partial charge is 0.410 e. The van der Waals surface area contributed by atoms with Gasteiger partial charge in [0.25, 0.3) is 0 Å². The molecule has 0 aromatic rings. The molecule has 4 nitrogen and oxygen atoms in total. The maximum atomic E-state index is 11.8. The molecular weight excluding hydrogens is 194 g/mol. The van der Waals surface area contributed by atoms with E-state index in [2.05, 4.69) is 0 Å². The molecule has 1 fully saturated rings. The van der Waals surface area contributed by atoms with Gasteiger partial charge in [-0.3, -0.25) is 0 Å². The van der Waals surface area contributed by atoms with E-state index in [1.165, 1.54) is 0 Å². The van der Waals surface area contributed by atoms with Crippen LogP contribution in [0.3, 0.4) is 0 Å². The molecule has 0 radical (unpaired) electrons. The van der Waals surface area contributed by atoms with E-state index >= 15 is 0 Å². The molecule has 4 heteroatoms. The number of aliphatic hydroxyl groups is 1. The second kappa shape index (κ2) is 4.84. The number of carbonyl (C=O) groups excluding carboxylic acids is 1. The lowest BCUT2D eigenvalue weighted by Crippen LogP contribution is -2.47. The summed E-state index contributed by atoms with van der Waals surface area (Å²) in [5.41, 5.74) is -0.464. The van der Waals surface area contributed by atoms with Crippen LogP contribution >= 0.6 is 0 Å². The quantitative estimate of drug-likeness (QED) is 0.725. The van der Waals surface area contributed by atoms with Crippen molar-refractivity contribution in [1.29, 1.82) is 0 Å². The zero-order valence-electron chi connectivity index (χ0n) is 9.82. The summed E-state index contributed by atoms with van der Waals surface area (Å²) in [6.07, 6.45) is 2.64. The number of hydrogen-bond donors (Lipinski definition) is 1. The fourth-order valence-corrected chi connectivity index (χ4v) is 1.75. The van der Waals surface area contributed by atoms with Crippen LogP contribution < -0.4 is 0 Å². The molecule has 0 aromatic carbocycles. The number of carbonyl (C=O) groups is 1. The van der Waals surface area contributed by atoms with Gasteiger partial charge in [0.2, 0.25) is 0 Å². The minimum atomic E-state index is -0.464. The Hall–Kier alpha value is -0.770. The average molecular weight is 215 g/mol. The van der Waals surface area contributed by atoms with Gasteiger partial charge in [-0.25, -0.2) is 4.79 Å². The van der Waals surface area contributed by atoms with Gasteiger partial charge < -0.3 is 14.7 Å². The molecule has 1 aliphatic rings.